The first-order chi connectivity index (χ1) is 10.1. The third-order valence-electron chi connectivity index (χ3n) is 3.83. The van der Waals surface area contributed by atoms with Crippen LogP contribution >= 0.6 is 0 Å². The Bertz CT molecular complexity index is 629. The molecule has 1 aliphatic heterocycles. The van der Waals surface area contributed by atoms with Gasteiger partial charge >= 0.3 is 0 Å². The smallest absolute Gasteiger partial charge is 0.192 e. The van der Waals surface area contributed by atoms with Crippen LogP contribution in [0.25, 0.3) is 0 Å². The van der Waals surface area contributed by atoms with Crippen LogP contribution in [0.4, 0.5) is 0 Å². The Morgan fingerprint density at radius 2 is 2.05 bits per heavy atom. The first-order valence-electron chi connectivity index (χ1n) is 7.29. The van der Waals surface area contributed by atoms with Crippen molar-refractivity contribution in [1.82, 2.24) is 14.7 Å². The van der Waals surface area contributed by atoms with Gasteiger partial charge in [0.2, 0.25) is 0 Å². The average molecular weight is 283 g/mol. The number of benzene rings is 1. The molecule has 0 radical (unpaired) electrons. The lowest BCUT2D eigenvalue weighted by Gasteiger charge is -2.25. The number of hydrogen-bond donors (Lipinski definition) is 1. The molecule has 0 saturated carbocycles. The molecule has 5 heteroatoms. The van der Waals surface area contributed by atoms with Crippen LogP contribution in [-0.4, -0.2) is 27.2 Å². The SMILES string of the molecule is CC(C)n1cc(C2CN=C(N)N2Cc2ccccc2)cn1. The molecule has 1 aromatic heterocycles. The minimum absolute atomic E-state index is 0.178. The zero-order valence-electron chi connectivity index (χ0n) is 12.5. The Hall–Kier alpha value is -2.30. The van der Waals surface area contributed by atoms with Gasteiger partial charge in [0, 0.05) is 24.3 Å². The van der Waals surface area contributed by atoms with E-state index in [1.165, 1.54) is 11.1 Å². The second-order valence-electron chi connectivity index (χ2n) is 5.68. The normalized spacial score (nSPS) is 18.3. The Morgan fingerprint density at radius 1 is 1.29 bits per heavy atom. The molecule has 5 nitrogen and oxygen atoms in total. The Labute approximate surface area is 125 Å². The highest BCUT2D eigenvalue weighted by Gasteiger charge is 2.28. The van der Waals surface area contributed by atoms with Gasteiger partial charge < -0.3 is 10.6 Å². The predicted molar refractivity (Wildman–Crippen MR) is 83.8 cm³/mol. The maximum Gasteiger partial charge on any atom is 0.192 e. The van der Waals surface area contributed by atoms with Gasteiger partial charge in [0.1, 0.15) is 0 Å². The molecule has 3 rings (SSSR count). The summed E-state index contributed by atoms with van der Waals surface area (Å²) in [4.78, 5) is 6.56. The first kappa shape index (κ1) is 13.7. The minimum Gasteiger partial charge on any atom is -0.370 e. The largest absolute Gasteiger partial charge is 0.370 e. The van der Waals surface area contributed by atoms with E-state index in [2.05, 4.69) is 47.2 Å². The summed E-state index contributed by atoms with van der Waals surface area (Å²) >= 11 is 0. The van der Waals surface area contributed by atoms with Crippen molar-refractivity contribution in [3.05, 3.63) is 53.9 Å². The summed E-state index contributed by atoms with van der Waals surface area (Å²) in [6.07, 6.45) is 4.03. The fraction of sp³-hybridized carbons (Fsp3) is 0.375. The first-order valence-corrected chi connectivity index (χ1v) is 7.29. The van der Waals surface area contributed by atoms with Crippen LogP contribution in [0.1, 0.15) is 37.1 Å². The van der Waals surface area contributed by atoms with Gasteiger partial charge in [-0.2, -0.15) is 5.10 Å². The van der Waals surface area contributed by atoms with Gasteiger partial charge in [-0.05, 0) is 19.4 Å². The summed E-state index contributed by atoms with van der Waals surface area (Å²) < 4.78 is 1.98. The zero-order valence-corrected chi connectivity index (χ0v) is 12.5. The number of nitrogens with two attached hydrogens (primary N) is 1. The van der Waals surface area contributed by atoms with Crippen LogP contribution in [0.5, 0.6) is 0 Å². The predicted octanol–water partition coefficient (Wildman–Crippen LogP) is 2.34. The molecule has 0 amide bonds. The second kappa shape index (κ2) is 5.60. The van der Waals surface area contributed by atoms with Gasteiger partial charge in [0.05, 0.1) is 18.8 Å². The van der Waals surface area contributed by atoms with Crippen LogP contribution in [0, 0.1) is 0 Å². The fourth-order valence-corrected chi connectivity index (χ4v) is 2.59. The molecule has 1 aromatic carbocycles. The van der Waals surface area contributed by atoms with Crippen LogP contribution < -0.4 is 5.73 Å². The van der Waals surface area contributed by atoms with E-state index in [1.807, 2.05) is 29.1 Å². The quantitative estimate of drug-likeness (QED) is 0.937. The van der Waals surface area contributed by atoms with Crippen molar-refractivity contribution < 1.29 is 0 Å². The molecule has 0 bridgehead atoms. The van der Waals surface area contributed by atoms with E-state index in [9.17, 15) is 0 Å². The lowest BCUT2D eigenvalue weighted by atomic mass is 10.1. The molecule has 2 N–H and O–H groups in total. The van der Waals surface area contributed by atoms with Crippen molar-refractivity contribution in [2.45, 2.75) is 32.5 Å². The van der Waals surface area contributed by atoms with Crippen LogP contribution in [0.3, 0.4) is 0 Å². The van der Waals surface area contributed by atoms with Crippen molar-refractivity contribution in [1.29, 1.82) is 0 Å². The topological polar surface area (TPSA) is 59.4 Å². The number of aromatic nitrogens is 2. The van der Waals surface area contributed by atoms with E-state index >= 15 is 0 Å². The third-order valence-corrected chi connectivity index (χ3v) is 3.83. The van der Waals surface area contributed by atoms with Crippen LogP contribution in [-0.2, 0) is 6.54 Å². The molecule has 0 fully saturated rings. The van der Waals surface area contributed by atoms with E-state index in [1.54, 1.807) is 0 Å². The number of hydrogen-bond acceptors (Lipinski definition) is 4. The molecule has 1 aliphatic rings. The van der Waals surface area contributed by atoms with Crippen LogP contribution in [0.2, 0.25) is 0 Å². The highest BCUT2D eigenvalue weighted by atomic mass is 15.3. The standard InChI is InChI=1S/C16H21N5/c1-12(2)21-11-14(8-19-21)15-9-18-16(17)20(15)10-13-6-4-3-5-7-13/h3-8,11-12,15H,9-10H2,1-2H3,(H2,17,18). The van der Waals surface area contributed by atoms with Crippen molar-refractivity contribution in [3.8, 4) is 0 Å². The Kier molecular flexibility index (Phi) is 3.64. The highest BCUT2D eigenvalue weighted by Crippen LogP contribution is 2.27. The number of rotatable bonds is 4. The molecule has 2 heterocycles. The monoisotopic (exact) mass is 283 g/mol. The van der Waals surface area contributed by atoms with Gasteiger partial charge in [-0.3, -0.25) is 9.67 Å². The number of nitrogens with zero attached hydrogens (tertiary/aromatic N) is 4. The maximum absolute atomic E-state index is 6.07. The lowest BCUT2D eigenvalue weighted by molar-refractivity contribution is 0.340. The second-order valence-corrected chi connectivity index (χ2v) is 5.68. The van der Waals surface area contributed by atoms with Crippen molar-refractivity contribution in [2.24, 2.45) is 10.7 Å². The molecule has 1 atom stereocenters. The third kappa shape index (κ3) is 2.77. The van der Waals surface area contributed by atoms with E-state index in [0.29, 0.717) is 18.5 Å². The number of guanidine groups is 1. The van der Waals surface area contributed by atoms with Gasteiger partial charge in [-0.25, -0.2) is 0 Å². The molecule has 110 valence electrons. The zero-order chi connectivity index (χ0) is 14.8. The summed E-state index contributed by atoms with van der Waals surface area (Å²) in [5.74, 6) is 0.612. The van der Waals surface area contributed by atoms with E-state index < -0.39 is 0 Å². The summed E-state index contributed by atoms with van der Waals surface area (Å²) in [6.45, 7) is 5.71. The lowest BCUT2D eigenvalue weighted by Crippen LogP contribution is -2.35. The summed E-state index contributed by atoms with van der Waals surface area (Å²) in [5.41, 5.74) is 8.48. The van der Waals surface area contributed by atoms with Crippen molar-refractivity contribution in [3.63, 3.8) is 0 Å². The highest BCUT2D eigenvalue weighted by molar-refractivity contribution is 5.80. The van der Waals surface area contributed by atoms with Crippen LogP contribution in [0.15, 0.2) is 47.7 Å². The van der Waals surface area contributed by atoms with Crippen molar-refractivity contribution >= 4 is 5.96 Å². The van der Waals surface area contributed by atoms with E-state index in [-0.39, 0.29) is 6.04 Å². The molecule has 0 aliphatic carbocycles. The Morgan fingerprint density at radius 3 is 2.71 bits per heavy atom. The molecule has 0 saturated heterocycles. The molecule has 21 heavy (non-hydrogen) atoms. The molecule has 1 unspecified atom stereocenters. The molecule has 2 aromatic rings. The van der Waals surface area contributed by atoms with Crippen molar-refractivity contribution in [2.75, 3.05) is 6.54 Å². The van der Waals surface area contributed by atoms with Gasteiger partial charge in [0.25, 0.3) is 0 Å². The molecule has 0 spiro atoms. The maximum atomic E-state index is 6.07. The molecular weight excluding hydrogens is 262 g/mol. The van der Waals surface area contributed by atoms with Gasteiger partial charge in [0.15, 0.2) is 5.96 Å². The number of aliphatic imine (C=N–C) groups is 1. The Balaban J connectivity index is 1.81. The fourth-order valence-electron chi connectivity index (χ4n) is 2.59. The van der Waals surface area contributed by atoms with E-state index in [4.69, 9.17) is 5.73 Å². The molecular formula is C16H21N5. The van der Waals surface area contributed by atoms with Gasteiger partial charge in [-0.1, -0.05) is 30.3 Å². The minimum atomic E-state index is 0.178. The summed E-state index contributed by atoms with van der Waals surface area (Å²) in [6, 6.07) is 10.9. The van der Waals surface area contributed by atoms with Gasteiger partial charge in [-0.15, -0.1) is 0 Å². The summed E-state index contributed by atoms with van der Waals surface area (Å²) in [7, 11) is 0. The van der Waals surface area contributed by atoms with E-state index in [0.717, 1.165) is 6.54 Å². The summed E-state index contributed by atoms with van der Waals surface area (Å²) in [5, 5.41) is 4.43. The average Bonchev–Trinajstić information content (AvgIpc) is 3.08.